The van der Waals surface area contributed by atoms with Crippen LogP contribution in [0.2, 0.25) is 0 Å². The standard InChI is InChI=1S/C12H24N2O2/c1-11-4-3-8-14(10-11)12(15)5-6-13-7-9-16-2/h11,13H,3-10H2,1-2H3. The number of carbonyl (C=O) groups is 1. The van der Waals surface area contributed by atoms with Crippen LogP contribution in [0.5, 0.6) is 0 Å². The summed E-state index contributed by atoms with van der Waals surface area (Å²) in [4.78, 5) is 13.8. The van der Waals surface area contributed by atoms with Crippen LogP contribution < -0.4 is 5.32 Å². The van der Waals surface area contributed by atoms with Crippen molar-refractivity contribution in [1.82, 2.24) is 10.2 Å². The normalized spacial score (nSPS) is 21.1. The number of piperidine rings is 1. The first-order chi connectivity index (χ1) is 7.74. The van der Waals surface area contributed by atoms with Crippen molar-refractivity contribution >= 4 is 5.91 Å². The predicted octanol–water partition coefficient (Wildman–Crippen LogP) is 0.871. The van der Waals surface area contributed by atoms with Crippen LogP contribution in [0.15, 0.2) is 0 Å². The molecule has 1 amide bonds. The fourth-order valence-corrected chi connectivity index (χ4v) is 2.07. The lowest BCUT2D eigenvalue weighted by Crippen LogP contribution is -2.40. The smallest absolute Gasteiger partial charge is 0.223 e. The Morgan fingerprint density at radius 1 is 1.50 bits per heavy atom. The number of hydrogen-bond donors (Lipinski definition) is 1. The number of hydrogen-bond acceptors (Lipinski definition) is 3. The molecule has 0 aromatic rings. The zero-order valence-electron chi connectivity index (χ0n) is 10.5. The van der Waals surface area contributed by atoms with Crippen LogP contribution >= 0.6 is 0 Å². The van der Waals surface area contributed by atoms with Gasteiger partial charge in [-0.1, -0.05) is 6.92 Å². The van der Waals surface area contributed by atoms with Gasteiger partial charge in [-0.15, -0.1) is 0 Å². The molecule has 1 atom stereocenters. The third-order valence-corrected chi connectivity index (χ3v) is 3.01. The highest BCUT2D eigenvalue weighted by Gasteiger charge is 2.19. The highest BCUT2D eigenvalue weighted by atomic mass is 16.5. The van der Waals surface area contributed by atoms with Gasteiger partial charge in [0.1, 0.15) is 0 Å². The average Bonchev–Trinajstić information content (AvgIpc) is 2.28. The van der Waals surface area contributed by atoms with Gasteiger partial charge in [-0.3, -0.25) is 4.79 Å². The Bertz CT molecular complexity index is 209. The first-order valence-electron chi connectivity index (χ1n) is 6.21. The van der Waals surface area contributed by atoms with Gasteiger partial charge < -0.3 is 15.0 Å². The van der Waals surface area contributed by atoms with Crippen molar-refractivity contribution in [2.75, 3.05) is 39.9 Å². The Morgan fingerprint density at radius 2 is 2.31 bits per heavy atom. The summed E-state index contributed by atoms with van der Waals surface area (Å²) in [6.45, 7) is 6.39. The lowest BCUT2D eigenvalue weighted by atomic mass is 10.00. The topological polar surface area (TPSA) is 41.6 Å². The maximum Gasteiger partial charge on any atom is 0.223 e. The van der Waals surface area contributed by atoms with Crippen molar-refractivity contribution in [3.63, 3.8) is 0 Å². The SMILES string of the molecule is COCCNCCC(=O)N1CCCC(C)C1. The molecule has 4 heteroatoms. The second-order valence-electron chi connectivity index (χ2n) is 4.58. The maximum absolute atomic E-state index is 11.8. The van der Waals surface area contributed by atoms with Crippen molar-refractivity contribution in [3.05, 3.63) is 0 Å². The first-order valence-corrected chi connectivity index (χ1v) is 6.21. The van der Waals surface area contributed by atoms with Crippen LogP contribution in [-0.2, 0) is 9.53 Å². The van der Waals surface area contributed by atoms with E-state index < -0.39 is 0 Å². The van der Waals surface area contributed by atoms with E-state index in [-0.39, 0.29) is 5.91 Å². The van der Waals surface area contributed by atoms with E-state index in [0.29, 0.717) is 18.9 Å². The molecule has 1 fully saturated rings. The lowest BCUT2D eigenvalue weighted by Gasteiger charge is -2.31. The zero-order chi connectivity index (χ0) is 11.8. The predicted molar refractivity (Wildman–Crippen MR) is 64.3 cm³/mol. The molecule has 4 nitrogen and oxygen atoms in total. The molecule has 1 heterocycles. The molecule has 1 aliphatic heterocycles. The van der Waals surface area contributed by atoms with Gasteiger partial charge >= 0.3 is 0 Å². The van der Waals surface area contributed by atoms with Crippen molar-refractivity contribution in [2.24, 2.45) is 5.92 Å². The van der Waals surface area contributed by atoms with Gasteiger partial charge in [0, 0.05) is 39.7 Å². The lowest BCUT2D eigenvalue weighted by molar-refractivity contribution is -0.132. The summed E-state index contributed by atoms with van der Waals surface area (Å²) >= 11 is 0. The van der Waals surface area contributed by atoms with Crippen LogP contribution in [-0.4, -0.2) is 50.7 Å². The van der Waals surface area contributed by atoms with Gasteiger partial charge in [-0.2, -0.15) is 0 Å². The molecule has 0 radical (unpaired) electrons. The number of nitrogens with zero attached hydrogens (tertiary/aromatic N) is 1. The Hall–Kier alpha value is -0.610. The van der Waals surface area contributed by atoms with Crippen LogP contribution in [0.25, 0.3) is 0 Å². The largest absolute Gasteiger partial charge is 0.383 e. The van der Waals surface area contributed by atoms with Crippen LogP contribution in [0, 0.1) is 5.92 Å². The summed E-state index contributed by atoms with van der Waals surface area (Å²) < 4.78 is 4.92. The van der Waals surface area contributed by atoms with Gasteiger partial charge in [-0.25, -0.2) is 0 Å². The number of nitrogens with one attached hydrogen (secondary N) is 1. The van der Waals surface area contributed by atoms with E-state index in [0.717, 1.165) is 32.6 Å². The molecular formula is C12H24N2O2. The molecule has 0 spiro atoms. The number of ether oxygens (including phenoxy) is 1. The van der Waals surface area contributed by atoms with E-state index >= 15 is 0 Å². The molecule has 0 aliphatic carbocycles. The highest BCUT2D eigenvalue weighted by Crippen LogP contribution is 2.15. The minimum Gasteiger partial charge on any atom is -0.383 e. The maximum atomic E-state index is 11.8. The third kappa shape index (κ3) is 4.94. The number of amides is 1. The molecular weight excluding hydrogens is 204 g/mol. The van der Waals surface area contributed by atoms with Crippen molar-refractivity contribution in [1.29, 1.82) is 0 Å². The minimum atomic E-state index is 0.288. The number of rotatable bonds is 6. The Labute approximate surface area is 98.3 Å². The van der Waals surface area contributed by atoms with E-state index in [1.165, 1.54) is 6.42 Å². The number of methoxy groups -OCH3 is 1. The Kier molecular flexibility index (Phi) is 6.42. The van der Waals surface area contributed by atoms with Crippen molar-refractivity contribution < 1.29 is 9.53 Å². The van der Waals surface area contributed by atoms with Crippen LogP contribution in [0.4, 0.5) is 0 Å². The van der Waals surface area contributed by atoms with Gasteiger partial charge in [-0.05, 0) is 18.8 Å². The summed E-state index contributed by atoms with van der Waals surface area (Å²) in [5.41, 5.74) is 0. The number of likely N-dealkylation sites (tertiary alicyclic amines) is 1. The second-order valence-corrected chi connectivity index (χ2v) is 4.58. The summed E-state index contributed by atoms with van der Waals surface area (Å²) in [6.07, 6.45) is 3.02. The van der Waals surface area contributed by atoms with Gasteiger partial charge in [0.25, 0.3) is 0 Å². The fourth-order valence-electron chi connectivity index (χ4n) is 2.07. The fraction of sp³-hybridized carbons (Fsp3) is 0.917. The molecule has 94 valence electrons. The minimum absolute atomic E-state index is 0.288. The summed E-state index contributed by atoms with van der Waals surface area (Å²) in [6, 6.07) is 0. The molecule has 0 aromatic carbocycles. The monoisotopic (exact) mass is 228 g/mol. The first kappa shape index (κ1) is 13.5. The highest BCUT2D eigenvalue weighted by molar-refractivity contribution is 5.76. The summed E-state index contributed by atoms with van der Waals surface area (Å²) in [7, 11) is 1.68. The molecule has 0 saturated carbocycles. The molecule has 1 saturated heterocycles. The van der Waals surface area contributed by atoms with E-state index in [9.17, 15) is 4.79 Å². The van der Waals surface area contributed by atoms with E-state index in [1.54, 1.807) is 7.11 Å². The van der Waals surface area contributed by atoms with Gasteiger partial charge in [0.15, 0.2) is 0 Å². The second kappa shape index (κ2) is 7.63. The molecule has 0 bridgehead atoms. The number of carbonyl (C=O) groups excluding carboxylic acids is 1. The average molecular weight is 228 g/mol. The Morgan fingerprint density at radius 3 is 3.00 bits per heavy atom. The van der Waals surface area contributed by atoms with Gasteiger partial charge in [0.05, 0.1) is 6.61 Å². The zero-order valence-corrected chi connectivity index (χ0v) is 10.5. The molecule has 1 N–H and O–H groups in total. The van der Waals surface area contributed by atoms with Crippen molar-refractivity contribution in [2.45, 2.75) is 26.2 Å². The van der Waals surface area contributed by atoms with E-state index in [1.807, 2.05) is 4.90 Å². The third-order valence-electron chi connectivity index (χ3n) is 3.01. The molecule has 16 heavy (non-hydrogen) atoms. The van der Waals surface area contributed by atoms with Gasteiger partial charge in [0.2, 0.25) is 5.91 Å². The van der Waals surface area contributed by atoms with Crippen molar-refractivity contribution in [3.8, 4) is 0 Å². The quantitative estimate of drug-likeness (QED) is 0.686. The molecule has 1 rings (SSSR count). The summed E-state index contributed by atoms with van der Waals surface area (Å²) in [5.74, 6) is 0.954. The van der Waals surface area contributed by atoms with Crippen LogP contribution in [0.1, 0.15) is 26.2 Å². The molecule has 1 unspecified atom stereocenters. The van der Waals surface area contributed by atoms with E-state index in [4.69, 9.17) is 4.74 Å². The van der Waals surface area contributed by atoms with E-state index in [2.05, 4.69) is 12.2 Å². The summed E-state index contributed by atoms with van der Waals surface area (Å²) in [5, 5.41) is 3.20. The molecule has 0 aromatic heterocycles. The Balaban J connectivity index is 2.09. The molecule has 1 aliphatic rings. The van der Waals surface area contributed by atoms with Crippen LogP contribution in [0.3, 0.4) is 0 Å².